The molecule has 0 spiro atoms. The Morgan fingerprint density at radius 2 is 1.91 bits per heavy atom. The first-order chi connectivity index (χ1) is 16.5. The van der Waals surface area contributed by atoms with Crippen LogP contribution < -0.4 is 5.32 Å². The number of nitrogens with one attached hydrogen (secondary N) is 1. The van der Waals surface area contributed by atoms with Gasteiger partial charge in [-0.2, -0.15) is 0 Å². The van der Waals surface area contributed by atoms with Crippen LogP contribution in [0.4, 0.5) is 9.18 Å². The molecule has 8 heteroatoms. The summed E-state index contributed by atoms with van der Waals surface area (Å²) in [6.07, 6.45) is 1.85. The lowest BCUT2D eigenvalue weighted by Gasteiger charge is -2.26. The van der Waals surface area contributed by atoms with Crippen molar-refractivity contribution in [2.24, 2.45) is 0 Å². The number of halogens is 2. The average molecular weight is 521 g/mol. The number of fused-ring (bicyclic) bond motifs is 1. The Hall–Kier alpha value is -2.25. The second-order valence-electron chi connectivity index (χ2n) is 9.87. The zero-order valence-corrected chi connectivity index (χ0v) is 22.6. The Kier molecular flexibility index (Phi) is 9.11. The maximum absolute atomic E-state index is 14.7. The first-order valence-corrected chi connectivity index (χ1v) is 13.3. The SMILES string of the molecule is CC[C@H](C)NC(=O)c1ccc(CSc2c(Cl)ccc3c2CCN(C(=O)OC(C)(C)C)CC3)cc1F. The smallest absolute Gasteiger partial charge is 0.410 e. The van der Waals surface area contributed by atoms with Crippen LogP contribution in [0.15, 0.2) is 35.2 Å². The Morgan fingerprint density at radius 1 is 1.20 bits per heavy atom. The molecule has 190 valence electrons. The number of amides is 2. The van der Waals surface area contributed by atoms with Gasteiger partial charge >= 0.3 is 6.09 Å². The molecule has 1 N–H and O–H groups in total. The lowest BCUT2D eigenvalue weighted by atomic mass is 10.0. The predicted molar refractivity (Wildman–Crippen MR) is 140 cm³/mol. The quantitative estimate of drug-likeness (QED) is 0.434. The van der Waals surface area contributed by atoms with Crippen molar-refractivity contribution >= 4 is 35.4 Å². The number of carbonyl (C=O) groups is 2. The normalized spacial score (nSPS) is 14.7. The molecule has 0 bridgehead atoms. The fourth-order valence-corrected chi connectivity index (χ4v) is 5.26. The highest BCUT2D eigenvalue weighted by molar-refractivity contribution is 7.98. The summed E-state index contributed by atoms with van der Waals surface area (Å²) in [4.78, 5) is 27.6. The number of hydrogen-bond donors (Lipinski definition) is 1. The Balaban J connectivity index is 1.71. The summed E-state index contributed by atoms with van der Waals surface area (Å²) in [6, 6.07) is 8.62. The van der Waals surface area contributed by atoms with Crippen molar-refractivity contribution in [1.29, 1.82) is 0 Å². The molecule has 0 radical (unpaired) electrons. The average Bonchev–Trinajstić information content (AvgIpc) is 3.00. The summed E-state index contributed by atoms with van der Waals surface area (Å²) in [6.45, 7) is 10.6. The molecule has 0 saturated heterocycles. The molecule has 1 atom stereocenters. The molecule has 0 unspecified atom stereocenters. The minimum atomic E-state index is -0.541. The molecular formula is C27H34ClFN2O3S. The topological polar surface area (TPSA) is 58.6 Å². The molecule has 1 heterocycles. The second kappa shape index (κ2) is 11.7. The number of thioether (sulfide) groups is 1. The van der Waals surface area contributed by atoms with Crippen LogP contribution in [0.2, 0.25) is 5.02 Å². The summed E-state index contributed by atoms with van der Waals surface area (Å²) in [7, 11) is 0. The van der Waals surface area contributed by atoms with Crippen molar-refractivity contribution in [3.63, 3.8) is 0 Å². The van der Waals surface area contributed by atoms with E-state index in [1.54, 1.807) is 22.7 Å². The number of ether oxygens (including phenoxy) is 1. The lowest BCUT2D eigenvalue weighted by Crippen LogP contribution is -2.38. The third-order valence-electron chi connectivity index (χ3n) is 5.90. The Morgan fingerprint density at radius 3 is 2.57 bits per heavy atom. The van der Waals surface area contributed by atoms with Gasteiger partial charge in [0.25, 0.3) is 5.91 Å². The molecule has 3 rings (SSSR count). The van der Waals surface area contributed by atoms with Crippen molar-refractivity contribution in [3.05, 3.63) is 63.4 Å². The van der Waals surface area contributed by atoms with E-state index >= 15 is 0 Å². The van der Waals surface area contributed by atoms with Crippen molar-refractivity contribution in [1.82, 2.24) is 10.2 Å². The Bertz CT molecular complexity index is 1090. The van der Waals surface area contributed by atoms with Crippen LogP contribution >= 0.6 is 23.4 Å². The standard InChI is InChI=1S/C27H34ClFN2O3S/c1-6-17(2)30-25(32)21-9-7-18(15-23(21)29)16-35-24-20-12-14-31(26(33)34-27(3,4)5)13-11-19(20)8-10-22(24)28/h7-10,15,17H,6,11-14,16H2,1-5H3,(H,30,32)/t17-/m0/s1. The monoisotopic (exact) mass is 520 g/mol. The highest BCUT2D eigenvalue weighted by atomic mass is 35.5. The minimum Gasteiger partial charge on any atom is -0.444 e. The van der Waals surface area contributed by atoms with E-state index in [-0.39, 0.29) is 17.7 Å². The summed E-state index contributed by atoms with van der Waals surface area (Å²) in [5.74, 6) is -0.423. The van der Waals surface area contributed by atoms with Crippen molar-refractivity contribution in [2.45, 2.75) is 76.2 Å². The molecule has 0 saturated carbocycles. The van der Waals surface area contributed by atoms with Crippen molar-refractivity contribution in [3.8, 4) is 0 Å². The maximum Gasteiger partial charge on any atom is 0.410 e. The first kappa shape index (κ1) is 27.3. The van der Waals surface area contributed by atoms with Crippen LogP contribution in [0.3, 0.4) is 0 Å². The van der Waals surface area contributed by atoms with Gasteiger partial charge in [-0.1, -0.05) is 30.7 Å². The molecule has 2 aromatic rings. The molecule has 5 nitrogen and oxygen atoms in total. The molecule has 0 fully saturated rings. The van der Waals surface area contributed by atoms with Crippen molar-refractivity contribution in [2.75, 3.05) is 13.1 Å². The van der Waals surface area contributed by atoms with Crippen LogP contribution in [-0.4, -0.2) is 41.6 Å². The van der Waals surface area contributed by atoms with E-state index in [1.807, 2.05) is 46.8 Å². The molecule has 2 aromatic carbocycles. The number of benzene rings is 2. The fraction of sp³-hybridized carbons (Fsp3) is 0.481. The highest BCUT2D eigenvalue weighted by Crippen LogP contribution is 2.37. The minimum absolute atomic E-state index is 0.0149. The van der Waals surface area contributed by atoms with E-state index in [9.17, 15) is 14.0 Å². The summed E-state index contributed by atoms with van der Waals surface area (Å²) in [5, 5.41) is 3.44. The van der Waals surface area contributed by atoms with Gasteiger partial charge in [-0.3, -0.25) is 4.79 Å². The van der Waals surface area contributed by atoms with Gasteiger partial charge in [-0.15, -0.1) is 11.8 Å². The summed E-state index contributed by atoms with van der Waals surface area (Å²) in [5.41, 5.74) is 2.56. The van der Waals surface area contributed by atoms with Gasteiger partial charge in [-0.25, -0.2) is 9.18 Å². The molecule has 0 aromatic heterocycles. The fourth-order valence-electron chi connectivity index (χ4n) is 3.82. The molecule has 0 aliphatic carbocycles. The number of hydrogen-bond acceptors (Lipinski definition) is 4. The van der Waals surface area contributed by atoms with Gasteiger partial charge in [0, 0.05) is 29.8 Å². The van der Waals surface area contributed by atoms with E-state index in [0.29, 0.717) is 36.7 Å². The van der Waals surface area contributed by atoms with Crippen LogP contribution in [0.25, 0.3) is 0 Å². The second-order valence-corrected chi connectivity index (χ2v) is 11.3. The van der Waals surface area contributed by atoms with E-state index in [1.165, 1.54) is 12.1 Å². The van der Waals surface area contributed by atoms with Crippen LogP contribution in [0, 0.1) is 5.82 Å². The summed E-state index contributed by atoms with van der Waals surface area (Å²) >= 11 is 8.12. The Labute approximate surface area is 216 Å². The van der Waals surface area contributed by atoms with Gasteiger partial charge in [-0.05, 0) is 81.8 Å². The van der Waals surface area contributed by atoms with Gasteiger partial charge in [0.05, 0.1) is 10.6 Å². The van der Waals surface area contributed by atoms with Crippen LogP contribution in [-0.2, 0) is 23.3 Å². The molecule has 1 aliphatic rings. The van der Waals surface area contributed by atoms with Gasteiger partial charge in [0.1, 0.15) is 11.4 Å². The third-order valence-corrected chi connectivity index (χ3v) is 7.55. The van der Waals surface area contributed by atoms with Crippen molar-refractivity contribution < 1.29 is 18.7 Å². The number of nitrogens with zero attached hydrogens (tertiary/aromatic N) is 1. The van der Waals surface area contributed by atoms with E-state index in [0.717, 1.165) is 28.0 Å². The number of rotatable bonds is 6. The molecular weight excluding hydrogens is 487 g/mol. The largest absolute Gasteiger partial charge is 0.444 e. The van der Waals surface area contributed by atoms with Gasteiger partial charge in [0.2, 0.25) is 0 Å². The molecule has 1 aliphatic heterocycles. The van der Waals surface area contributed by atoms with E-state index in [4.69, 9.17) is 16.3 Å². The summed E-state index contributed by atoms with van der Waals surface area (Å²) < 4.78 is 20.2. The van der Waals surface area contributed by atoms with Gasteiger partial charge in [0.15, 0.2) is 0 Å². The molecule has 2 amide bonds. The third kappa shape index (κ3) is 7.37. The zero-order valence-electron chi connectivity index (χ0n) is 21.0. The molecule has 35 heavy (non-hydrogen) atoms. The zero-order chi connectivity index (χ0) is 25.8. The number of carbonyl (C=O) groups excluding carboxylic acids is 2. The van der Waals surface area contributed by atoms with Gasteiger partial charge < -0.3 is 15.0 Å². The van der Waals surface area contributed by atoms with E-state index in [2.05, 4.69) is 5.32 Å². The lowest BCUT2D eigenvalue weighted by molar-refractivity contribution is 0.0258. The van der Waals surface area contributed by atoms with Crippen LogP contribution in [0.1, 0.15) is 68.1 Å². The first-order valence-electron chi connectivity index (χ1n) is 12.0. The van der Waals surface area contributed by atoms with Crippen LogP contribution in [0.5, 0.6) is 0 Å². The predicted octanol–water partition coefficient (Wildman–Crippen LogP) is 6.64. The maximum atomic E-state index is 14.7. The van der Waals surface area contributed by atoms with E-state index < -0.39 is 17.3 Å². The highest BCUT2D eigenvalue weighted by Gasteiger charge is 2.26.